The molecule has 0 saturated carbocycles. The lowest BCUT2D eigenvalue weighted by molar-refractivity contribution is 0.112. The zero-order valence-electron chi connectivity index (χ0n) is 9.90. The van der Waals surface area contributed by atoms with Crippen molar-refractivity contribution in [1.82, 2.24) is 0 Å². The molecule has 0 spiro atoms. The van der Waals surface area contributed by atoms with Crippen LogP contribution < -0.4 is 0 Å². The molecule has 0 aromatic heterocycles. The van der Waals surface area contributed by atoms with Gasteiger partial charge in [-0.15, -0.1) is 0 Å². The van der Waals surface area contributed by atoms with Crippen LogP contribution >= 0.6 is 0 Å². The van der Waals surface area contributed by atoms with Crippen LogP contribution in [-0.2, 0) is 11.2 Å². The fraction of sp³-hybridized carbons (Fsp3) is 0.571. The predicted molar refractivity (Wildman–Crippen MR) is 66.5 cm³/mol. The van der Waals surface area contributed by atoms with Gasteiger partial charge in [0.2, 0.25) is 0 Å². The summed E-state index contributed by atoms with van der Waals surface area (Å²) in [5, 5.41) is 8.55. The van der Waals surface area contributed by atoms with Gasteiger partial charge < -0.3 is 9.84 Å². The Morgan fingerprint density at radius 3 is 2.38 bits per heavy atom. The van der Waals surface area contributed by atoms with E-state index in [-0.39, 0.29) is 6.61 Å². The molecule has 0 unspecified atom stereocenters. The first kappa shape index (κ1) is 13.2. The number of hydrogen-bond donors (Lipinski definition) is 1. The van der Waals surface area contributed by atoms with Gasteiger partial charge in [-0.2, -0.15) is 0 Å². The maximum Gasteiger partial charge on any atom is 0.0487 e. The first-order chi connectivity index (χ1) is 7.93. The second kappa shape index (κ2) is 9.37. The average molecular weight is 222 g/mol. The quantitative estimate of drug-likeness (QED) is 0.651. The predicted octanol–water partition coefficient (Wildman–Crippen LogP) is 2.80. The number of aryl methyl sites for hydroxylation is 1. The van der Waals surface area contributed by atoms with E-state index in [4.69, 9.17) is 9.84 Å². The van der Waals surface area contributed by atoms with Crippen molar-refractivity contribution in [3.05, 3.63) is 35.9 Å². The minimum atomic E-state index is 0.230. The molecule has 0 heterocycles. The molecule has 0 amide bonds. The molecule has 0 aliphatic carbocycles. The van der Waals surface area contributed by atoms with Crippen molar-refractivity contribution in [2.24, 2.45) is 0 Å². The third-order valence-corrected chi connectivity index (χ3v) is 2.54. The molecule has 0 aliphatic heterocycles. The number of aliphatic hydroxyl groups is 1. The maximum absolute atomic E-state index is 8.55. The lowest BCUT2D eigenvalue weighted by Gasteiger charge is -2.03. The summed E-state index contributed by atoms with van der Waals surface area (Å²) in [5.41, 5.74) is 1.42. The summed E-state index contributed by atoms with van der Waals surface area (Å²) < 4.78 is 5.37. The van der Waals surface area contributed by atoms with Gasteiger partial charge in [0, 0.05) is 19.8 Å². The van der Waals surface area contributed by atoms with E-state index in [2.05, 4.69) is 30.3 Å². The van der Waals surface area contributed by atoms with E-state index in [1.807, 2.05) is 0 Å². The van der Waals surface area contributed by atoms with Gasteiger partial charge in [0.15, 0.2) is 0 Å². The topological polar surface area (TPSA) is 29.5 Å². The third-order valence-electron chi connectivity index (χ3n) is 2.54. The number of rotatable bonds is 9. The molecular formula is C14H22O2. The zero-order valence-corrected chi connectivity index (χ0v) is 9.90. The molecule has 0 radical (unpaired) electrons. The van der Waals surface area contributed by atoms with Crippen molar-refractivity contribution in [3.8, 4) is 0 Å². The monoisotopic (exact) mass is 222 g/mol. The normalized spacial score (nSPS) is 10.6. The van der Waals surface area contributed by atoms with Crippen LogP contribution in [-0.4, -0.2) is 24.9 Å². The summed E-state index contributed by atoms with van der Waals surface area (Å²) in [5.74, 6) is 0. The Labute approximate surface area is 98.3 Å². The molecular weight excluding hydrogens is 200 g/mol. The Morgan fingerprint density at radius 1 is 0.875 bits per heavy atom. The minimum absolute atomic E-state index is 0.230. The summed E-state index contributed by atoms with van der Waals surface area (Å²) in [6, 6.07) is 10.6. The smallest absolute Gasteiger partial charge is 0.0487 e. The van der Waals surface area contributed by atoms with Gasteiger partial charge in [-0.25, -0.2) is 0 Å². The van der Waals surface area contributed by atoms with Crippen LogP contribution in [0.1, 0.15) is 31.2 Å². The average Bonchev–Trinajstić information content (AvgIpc) is 2.34. The standard InChI is InChI=1S/C14H22O2/c15-11-7-13-16-12-6-2-5-10-14-8-3-1-4-9-14/h1,3-4,8-9,15H,2,5-7,10-13H2. The summed E-state index contributed by atoms with van der Waals surface area (Å²) in [7, 11) is 0. The van der Waals surface area contributed by atoms with Crippen molar-refractivity contribution in [2.75, 3.05) is 19.8 Å². The van der Waals surface area contributed by atoms with Crippen molar-refractivity contribution < 1.29 is 9.84 Å². The SMILES string of the molecule is OCCCOCCCCCc1ccccc1. The Kier molecular flexibility index (Phi) is 7.74. The van der Waals surface area contributed by atoms with Crippen molar-refractivity contribution in [3.63, 3.8) is 0 Å². The van der Waals surface area contributed by atoms with E-state index in [0.29, 0.717) is 6.61 Å². The summed E-state index contributed by atoms with van der Waals surface area (Å²) in [4.78, 5) is 0. The van der Waals surface area contributed by atoms with Crippen LogP contribution in [0, 0.1) is 0 Å². The summed E-state index contributed by atoms with van der Waals surface area (Å²) in [6.07, 6.45) is 5.49. The number of aliphatic hydroxyl groups excluding tert-OH is 1. The number of ether oxygens (including phenoxy) is 1. The van der Waals surface area contributed by atoms with Crippen molar-refractivity contribution in [2.45, 2.75) is 32.1 Å². The van der Waals surface area contributed by atoms with Gasteiger partial charge in [-0.05, 0) is 31.2 Å². The number of unbranched alkanes of at least 4 members (excludes halogenated alkanes) is 2. The first-order valence-electron chi connectivity index (χ1n) is 6.16. The van der Waals surface area contributed by atoms with Crippen LogP contribution in [0.3, 0.4) is 0 Å². The zero-order chi connectivity index (χ0) is 11.5. The van der Waals surface area contributed by atoms with E-state index in [9.17, 15) is 0 Å². The molecule has 2 nitrogen and oxygen atoms in total. The molecule has 0 bridgehead atoms. The minimum Gasteiger partial charge on any atom is -0.396 e. The number of benzene rings is 1. The Hall–Kier alpha value is -0.860. The van der Waals surface area contributed by atoms with Crippen LogP contribution in [0.25, 0.3) is 0 Å². The molecule has 2 heteroatoms. The molecule has 90 valence electrons. The van der Waals surface area contributed by atoms with Gasteiger partial charge in [0.25, 0.3) is 0 Å². The largest absolute Gasteiger partial charge is 0.396 e. The molecule has 0 saturated heterocycles. The highest BCUT2D eigenvalue weighted by Gasteiger charge is 1.93. The van der Waals surface area contributed by atoms with Crippen molar-refractivity contribution in [1.29, 1.82) is 0 Å². The molecule has 0 aliphatic rings. The van der Waals surface area contributed by atoms with Gasteiger partial charge in [-0.1, -0.05) is 36.8 Å². The van der Waals surface area contributed by atoms with Crippen molar-refractivity contribution >= 4 is 0 Å². The molecule has 1 aromatic rings. The van der Waals surface area contributed by atoms with Crippen LogP contribution in [0.2, 0.25) is 0 Å². The summed E-state index contributed by atoms with van der Waals surface area (Å²) in [6.45, 7) is 1.75. The van der Waals surface area contributed by atoms with Crippen LogP contribution in [0.15, 0.2) is 30.3 Å². The van der Waals surface area contributed by atoms with Gasteiger partial charge in [0.1, 0.15) is 0 Å². The molecule has 0 atom stereocenters. The Bertz CT molecular complexity index is 246. The fourth-order valence-electron chi connectivity index (χ4n) is 1.62. The Morgan fingerprint density at radius 2 is 1.62 bits per heavy atom. The van der Waals surface area contributed by atoms with Crippen LogP contribution in [0.4, 0.5) is 0 Å². The lowest BCUT2D eigenvalue weighted by Crippen LogP contribution is -1.99. The highest BCUT2D eigenvalue weighted by molar-refractivity contribution is 5.14. The Balaban J connectivity index is 1.89. The third kappa shape index (κ3) is 6.59. The molecule has 0 fully saturated rings. The second-order valence-electron chi connectivity index (χ2n) is 3.99. The van der Waals surface area contributed by atoms with Gasteiger partial charge >= 0.3 is 0 Å². The highest BCUT2D eigenvalue weighted by atomic mass is 16.5. The molecule has 1 rings (SSSR count). The van der Waals surface area contributed by atoms with E-state index >= 15 is 0 Å². The lowest BCUT2D eigenvalue weighted by atomic mass is 10.1. The molecule has 1 N–H and O–H groups in total. The molecule has 16 heavy (non-hydrogen) atoms. The van der Waals surface area contributed by atoms with E-state index in [1.165, 1.54) is 18.4 Å². The van der Waals surface area contributed by atoms with Gasteiger partial charge in [0.05, 0.1) is 0 Å². The number of hydrogen-bond acceptors (Lipinski definition) is 2. The van der Waals surface area contributed by atoms with E-state index in [1.54, 1.807) is 0 Å². The maximum atomic E-state index is 8.55. The highest BCUT2D eigenvalue weighted by Crippen LogP contribution is 2.06. The second-order valence-corrected chi connectivity index (χ2v) is 3.99. The molecule has 1 aromatic carbocycles. The van der Waals surface area contributed by atoms with E-state index < -0.39 is 0 Å². The summed E-state index contributed by atoms with van der Waals surface area (Å²) >= 11 is 0. The fourth-order valence-corrected chi connectivity index (χ4v) is 1.62. The first-order valence-corrected chi connectivity index (χ1v) is 6.16. The van der Waals surface area contributed by atoms with Gasteiger partial charge in [-0.3, -0.25) is 0 Å². The van der Waals surface area contributed by atoms with Crippen LogP contribution in [0.5, 0.6) is 0 Å². The van der Waals surface area contributed by atoms with E-state index in [0.717, 1.165) is 25.9 Å².